The first-order valence-corrected chi connectivity index (χ1v) is 16.2. The lowest BCUT2D eigenvalue weighted by atomic mass is 9.81. The van der Waals surface area contributed by atoms with Gasteiger partial charge in [-0.25, -0.2) is 0 Å². The van der Waals surface area contributed by atoms with Crippen LogP contribution in [0.5, 0.6) is 0 Å². The molecule has 4 aromatic rings. The molecule has 52 heavy (non-hydrogen) atoms. The molecule has 13 heteroatoms. The number of hydrogen-bond acceptors (Lipinski definition) is 8. The van der Waals surface area contributed by atoms with Crippen LogP contribution in [0.1, 0.15) is 56.8 Å². The van der Waals surface area contributed by atoms with Crippen LogP contribution in [0.2, 0.25) is 0 Å². The van der Waals surface area contributed by atoms with E-state index in [1.807, 2.05) is 0 Å². The number of rotatable bonds is 13. The standard InChI is InChI=1S/C39H37F3N2O8/c1-5-50-36(48)38(37(49)51-6-2,27-10-8-7-9-11-27)23-52-33(45)22-25-13-19-32(31(21-25)34(46)43-4)44-35(47)29-18-12-24(3)20-30(29)26-14-16-28(17-15-26)39(40,41)42/h7-21H,5-6,22-23H2,1-4H3,(H,43,46)(H,44,47). The quantitative estimate of drug-likeness (QED) is 0.0916. The van der Waals surface area contributed by atoms with E-state index in [4.69, 9.17) is 14.2 Å². The summed E-state index contributed by atoms with van der Waals surface area (Å²) in [4.78, 5) is 66.2. The molecule has 0 fully saturated rings. The number of carbonyl (C=O) groups excluding carboxylic acids is 5. The summed E-state index contributed by atoms with van der Waals surface area (Å²) in [7, 11) is 1.38. The van der Waals surface area contributed by atoms with Crippen LogP contribution in [0.3, 0.4) is 0 Å². The SMILES string of the molecule is CCOC(=O)C(COC(=O)Cc1ccc(NC(=O)c2ccc(C)cc2-c2ccc(C(F)(F)F)cc2)c(C(=O)NC)c1)(C(=O)OCC)c1ccccc1. The summed E-state index contributed by atoms with van der Waals surface area (Å²) in [6.45, 7) is 4.10. The molecule has 0 aliphatic carbocycles. The molecule has 0 aliphatic heterocycles. The number of amides is 2. The number of hydrogen-bond donors (Lipinski definition) is 2. The van der Waals surface area contributed by atoms with Gasteiger partial charge in [0.15, 0.2) is 0 Å². The molecular weight excluding hydrogens is 681 g/mol. The van der Waals surface area contributed by atoms with E-state index in [1.165, 1.54) is 55.6 Å². The van der Waals surface area contributed by atoms with Gasteiger partial charge in [0.25, 0.3) is 11.8 Å². The van der Waals surface area contributed by atoms with Gasteiger partial charge in [-0.1, -0.05) is 66.2 Å². The minimum atomic E-state index is -4.53. The van der Waals surface area contributed by atoms with Gasteiger partial charge in [0.2, 0.25) is 5.41 Å². The summed E-state index contributed by atoms with van der Waals surface area (Å²) in [5, 5.41) is 5.19. The number of benzene rings is 4. The van der Waals surface area contributed by atoms with Crippen molar-refractivity contribution in [3.05, 3.63) is 124 Å². The average molecular weight is 719 g/mol. The maximum atomic E-state index is 13.6. The molecule has 0 bridgehead atoms. The topological polar surface area (TPSA) is 137 Å². The number of nitrogens with one attached hydrogen (secondary N) is 2. The molecule has 0 atom stereocenters. The van der Waals surface area contributed by atoms with Gasteiger partial charge < -0.3 is 24.8 Å². The third kappa shape index (κ3) is 8.84. The zero-order chi connectivity index (χ0) is 38.1. The van der Waals surface area contributed by atoms with E-state index < -0.39 is 53.5 Å². The van der Waals surface area contributed by atoms with Crippen LogP contribution in [0, 0.1) is 6.92 Å². The molecule has 4 rings (SSSR count). The highest BCUT2D eigenvalue weighted by Crippen LogP contribution is 2.33. The molecule has 0 unspecified atom stereocenters. The van der Waals surface area contributed by atoms with Crippen LogP contribution in [-0.2, 0) is 46.6 Å². The fraction of sp³-hybridized carbons (Fsp3) is 0.256. The molecule has 0 saturated carbocycles. The lowest BCUT2D eigenvalue weighted by Gasteiger charge is -2.29. The van der Waals surface area contributed by atoms with Gasteiger partial charge in [-0.05, 0) is 73.4 Å². The Hall–Kier alpha value is -5.98. The first-order chi connectivity index (χ1) is 24.7. The lowest BCUT2D eigenvalue weighted by Crippen LogP contribution is -2.50. The summed E-state index contributed by atoms with van der Waals surface area (Å²) in [5.41, 5.74) is -0.660. The van der Waals surface area contributed by atoms with Crippen molar-refractivity contribution >= 4 is 35.4 Å². The van der Waals surface area contributed by atoms with Crippen molar-refractivity contribution in [2.45, 2.75) is 38.8 Å². The Kier molecular flexibility index (Phi) is 12.6. The molecule has 0 saturated heterocycles. The number of halogens is 3. The number of esters is 3. The lowest BCUT2D eigenvalue weighted by molar-refractivity contribution is -0.170. The molecule has 0 spiro atoms. The Morgan fingerprint density at radius 3 is 1.90 bits per heavy atom. The van der Waals surface area contributed by atoms with Crippen LogP contribution in [-0.4, -0.2) is 56.6 Å². The minimum absolute atomic E-state index is 0.000946. The van der Waals surface area contributed by atoms with E-state index in [0.717, 1.165) is 17.7 Å². The van der Waals surface area contributed by atoms with Gasteiger partial charge in [0.1, 0.15) is 6.61 Å². The van der Waals surface area contributed by atoms with Crippen LogP contribution >= 0.6 is 0 Å². The van der Waals surface area contributed by atoms with Crippen LogP contribution in [0.4, 0.5) is 18.9 Å². The number of carbonyl (C=O) groups is 5. The van der Waals surface area contributed by atoms with Crippen LogP contribution in [0.25, 0.3) is 11.1 Å². The average Bonchev–Trinajstić information content (AvgIpc) is 3.12. The highest BCUT2D eigenvalue weighted by Gasteiger charge is 2.52. The maximum Gasteiger partial charge on any atom is 0.416 e. The van der Waals surface area contributed by atoms with E-state index >= 15 is 0 Å². The molecule has 0 aliphatic rings. The summed E-state index contributed by atoms with van der Waals surface area (Å²) in [5.74, 6) is -3.98. The number of ether oxygens (including phenoxy) is 3. The normalized spacial score (nSPS) is 11.3. The summed E-state index contributed by atoms with van der Waals surface area (Å²) >= 11 is 0. The van der Waals surface area contributed by atoms with Crippen molar-refractivity contribution in [2.75, 3.05) is 32.2 Å². The van der Waals surface area contributed by atoms with E-state index in [2.05, 4.69) is 10.6 Å². The van der Waals surface area contributed by atoms with Gasteiger partial charge in [-0.15, -0.1) is 0 Å². The maximum absolute atomic E-state index is 13.6. The van der Waals surface area contributed by atoms with Crippen molar-refractivity contribution in [1.29, 1.82) is 0 Å². The Balaban J connectivity index is 1.59. The second kappa shape index (κ2) is 16.8. The molecule has 0 aromatic heterocycles. The summed E-state index contributed by atoms with van der Waals surface area (Å²) in [6, 6.07) is 21.5. The predicted octanol–water partition coefficient (Wildman–Crippen LogP) is 6.44. The van der Waals surface area contributed by atoms with E-state index in [1.54, 1.807) is 51.1 Å². The van der Waals surface area contributed by atoms with Crippen molar-refractivity contribution < 1.29 is 51.4 Å². The Morgan fingerprint density at radius 1 is 0.692 bits per heavy atom. The Morgan fingerprint density at radius 2 is 1.33 bits per heavy atom. The predicted molar refractivity (Wildman–Crippen MR) is 185 cm³/mol. The van der Waals surface area contributed by atoms with E-state index in [0.29, 0.717) is 16.7 Å². The smallest absolute Gasteiger partial charge is 0.416 e. The van der Waals surface area contributed by atoms with Gasteiger partial charge >= 0.3 is 24.1 Å². The monoisotopic (exact) mass is 718 g/mol. The van der Waals surface area contributed by atoms with Gasteiger partial charge in [-0.2, -0.15) is 13.2 Å². The summed E-state index contributed by atoms with van der Waals surface area (Å²) < 4.78 is 55.4. The zero-order valence-electron chi connectivity index (χ0n) is 28.9. The Labute approximate surface area is 298 Å². The molecule has 4 aromatic carbocycles. The third-order valence-corrected chi connectivity index (χ3v) is 8.06. The molecule has 2 amide bonds. The number of anilines is 1. The van der Waals surface area contributed by atoms with Crippen molar-refractivity contribution in [2.24, 2.45) is 0 Å². The fourth-order valence-corrected chi connectivity index (χ4v) is 5.41. The largest absolute Gasteiger partial charge is 0.465 e. The number of alkyl halides is 3. The molecule has 2 N–H and O–H groups in total. The minimum Gasteiger partial charge on any atom is -0.465 e. The van der Waals surface area contributed by atoms with Crippen LogP contribution in [0.15, 0.2) is 91.0 Å². The second-order valence-corrected chi connectivity index (χ2v) is 11.6. The summed E-state index contributed by atoms with van der Waals surface area (Å²) in [6.07, 6.45) is -4.91. The fourth-order valence-electron chi connectivity index (χ4n) is 5.41. The van der Waals surface area contributed by atoms with Gasteiger partial charge in [-0.3, -0.25) is 24.0 Å². The molecular formula is C39H37F3N2O8. The second-order valence-electron chi connectivity index (χ2n) is 11.6. The van der Waals surface area contributed by atoms with Crippen LogP contribution < -0.4 is 10.6 Å². The molecule has 0 radical (unpaired) electrons. The van der Waals surface area contributed by atoms with E-state index in [-0.39, 0.29) is 42.0 Å². The van der Waals surface area contributed by atoms with Gasteiger partial charge in [0, 0.05) is 12.6 Å². The molecule has 0 heterocycles. The number of aryl methyl sites for hydroxylation is 1. The van der Waals surface area contributed by atoms with E-state index in [9.17, 15) is 37.1 Å². The molecule has 10 nitrogen and oxygen atoms in total. The third-order valence-electron chi connectivity index (χ3n) is 8.06. The Bertz CT molecular complexity index is 1930. The first-order valence-electron chi connectivity index (χ1n) is 16.2. The zero-order valence-corrected chi connectivity index (χ0v) is 28.9. The van der Waals surface area contributed by atoms with Crippen molar-refractivity contribution in [1.82, 2.24) is 5.32 Å². The highest BCUT2D eigenvalue weighted by molar-refractivity contribution is 6.12. The van der Waals surface area contributed by atoms with Crippen molar-refractivity contribution in [3.8, 4) is 11.1 Å². The van der Waals surface area contributed by atoms with Crippen molar-refractivity contribution in [3.63, 3.8) is 0 Å². The first kappa shape index (κ1) is 38.8. The van der Waals surface area contributed by atoms with Gasteiger partial charge in [0.05, 0.1) is 36.4 Å². The highest BCUT2D eigenvalue weighted by atomic mass is 19.4. The molecule has 272 valence electrons.